The van der Waals surface area contributed by atoms with Gasteiger partial charge in [-0.05, 0) is 49.7 Å². The summed E-state index contributed by atoms with van der Waals surface area (Å²) < 4.78 is 0. The van der Waals surface area contributed by atoms with Gasteiger partial charge < -0.3 is 10.2 Å². The van der Waals surface area contributed by atoms with Gasteiger partial charge in [0.25, 0.3) is 0 Å². The number of nitrogens with zero attached hydrogens (tertiary/aromatic N) is 1. The predicted molar refractivity (Wildman–Crippen MR) is 77.2 cm³/mol. The first-order chi connectivity index (χ1) is 8.26. The van der Waals surface area contributed by atoms with Crippen LogP contribution in [0.3, 0.4) is 0 Å². The highest BCUT2D eigenvalue weighted by atomic mass is 32.1. The van der Waals surface area contributed by atoms with Crippen LogP contribution in [0.15, 0.2) is 0 Å². The number of likely N-dealkylation sites (tertiary alicyclic amines) is 1. The van der Waals surface area contributed by atoms with E-state index < -0.39 is 0 Å². The summed E-state index contributed by atoms with van der Waals surface area (Å²) >= 11 is 5.44. The number of hydrogen-bond donors (Lipinski definition) is 1. The van der Waals surface area contributed by atoms with Crippen molar-refractivity contribution < 1.29 is 0 Å². The summed E-state index contributed by atoms with van der Waals surface area (Å²) in [6.07, 6.45) is 11.2. The van der Waals surface area contributed by atoms with Crippen LogP contribution in [-0.2, 0) is 0 Å². The maximum absolute atomic E-state index is 5.44. The second kappa shape index (κ2) is 6.03. The third-order valence-corrected chi connectivity index (χ3v) is 4.95. The molecule has 0 bridgehead atoms. The molecule has 98 valence electrons. The van der Waals surface area contributed by atoms with Gasteiger partial charge in [-0.25, -0.2) is 0 Å². The molecule has 2 aliphatic rings. The van der Waals surface area contributed by atoms with E-state index in [1.165, 1.54) is 58.0 Å². The molecule has 1 heterocycles. The van der Waals surface area contributed by atoms with E-state index in [1.807, 2.05) is 0 Å². The van der Waals surface area contributed by atoms with Crippen molar-refractivity contribution in [2.24, 2.45) is 5.41 Å². The van der Waals surface area contributed by atoms with Crippen LogP contribution < -0.4 is 5.32 Å². The molecule has 1 spiro atoms. The molecular formula is C14H26N2S. The molecule has 2 nitrogen and oxygen atoms in total. The zero-order valence-electron chi connectivity index (χ0n) is 11.1. The molecule has 2 fully saturated rings. The highest BCUT2D eigenvalue weighted by Crippen LogP contribution is 2.44. The average Bonchev–Trinajstić information content (AvgIpc) is 2.38. The monoisotopic (exact) mass is 254 g/mol. The van der Waals surface area contributed by atoms with Crippen molar-refractivity contribution in [1.82, 2.24) is 10.2 Å². The number of hydrogen-bond acceptors (Lipinski definition) is 1. The summed E-state index contributed by atoms with van der Waals surface area (Å²) in [4.78, 5) is 2.38. The van der Waals surface area contributed by atoms with E-state index in [2.05, 4.69) is 17.1 Å². The smallest absolute Gasteiger partial charge is 0.168 e. The Morgan fingerprint density at radius 1 is 1.12 bits per heavy atom. The summed E-state index contributed by atoms with van der Waals surface area (Å²) in [6.45, 7) is 5.55. The minimum Gasteiger partial charge on any atom is -0.363 e. The Bertz CT molecular complexity index is 249. The first-order valence-electron chi connectivity index (χ1n) is 7.29. The van der Waals surface area contributed by atoms with Gasteiger partial charge in [0, 0.05) is 19.6 Å². The maximum atomic E-state index is 5.44. The Balaban J connectivity index is 1.78. The van der Waals surface area contributed by atoms with Gasteiger partial charge in [-0.3, -0.25) is 0 Å². The van der Waals surface area contributed by atoms with E-state index >= 15 is 0 Å². The Kier molecular flexibility index (Phi) is 4.66. The lowest BCUT2D eigenvalue weighted by molar-refractivity contribution is 0.0974. The minimum atomic E-state index is 0.690. The molecule has 2 rings (SSSR count). The first-order valence-corrected chi connectivity index (χ1v) is 7.69. The SMILES string of the molecule is CCCNC(=S)N1CCC2(CCCCC2)CC1. The average molecular weight is 254 g/mol. The van der Waals surface area contributed by atoms with Crippen LogP contribution >= 0.6 is 12.2 Å². The summed E-state index contributed by atoms with van der Waals surface area (Å²) in [6, 6.07) is 0. The molecule has 0 atom stereocenters. The summed E-state index contributed by atoms with van der Waals surface area (Å²) in [5, 5.41) is 4.33. The second-order valence-electron chi connectivity index (χ2n) is 5.78. The van der Waals surface area contributed by atoms with Crippen molar-refractivity contribution in [3.8, 4) is 0 Å². The van der Waals surface area contributed by atoms with Gasteiger partial charge in [0.2, 0.25) is 0 Å². The number of rotatable bonds is 2. The van der Waals surface area contributed by atoms with Crippen molar-refractivity contribution in [3.63, 3.8) is 0 Å². The van der Waals surface area contributed by atoms with Gasteiger partial charge >= 0.3 is 0 Å². The molecule has 1 saturated heterocycles. The second-order valence-corrected chi connectivity index (χ2v) is 6.17. The molecule has 17 heavy (non-hydrogen) atoms. The molecule has 0 radical (unpaired) electrons. The van der Waals surface area contributed by atoms with Gasteiger partial charge in [0.15, 0.2) is 5.11 Å². The molecule has 0 unspecified atom stereocenters. The van der Waals surface area contributed by atoms with E-state index in [9.17, 15) is 0 Å². The molecule has 1 saturated carbocycles. The first kappa shape index (κ1) is 13.1. The van der Waals surface area contributed by atoms with Gasteiger partial charge in [-0.15, -0.1) is 0 Å². The molecule has 3 heteroatoms. The lowest BCUT2D eigenvalue weighted by atomic mass is 9.68. The van der Waals surface area contributed by atoms with E-state index in [4.69, 9.17) is 12.2 Å². The van der Waals surface area contributed by atoms with Gasteiger partial charge in [0.05, 0.1) is 0 Å². The Morgan fingerprint density at radius 3 is 2.35 bits per heavy atom. The normalized spacial score (nSPS) is 23.7. The fraction of sp³-hybridized carbons (Fsp3) is 0.929. The van der Waals surface area contributed by atoms with Crippen molar-refractivity contribution in [3.05, 3.63) is 0 Å². The Labute approximate surface area is 111 Å². The highest BCUT2D eigenvalue weighted by Gasteiger charge is 2.35. The topological polar surface area (TPSA) is 15.3 Å². The molecule has 0 aromatic heterocycles. The number of nitrogens with one attached hydrogen (secondary N) is 1. The van der Waals surface area contributed by atoms with Gasteiger partial charge in [-0.1, -0.05) is 26.2 Å². The standard InChI is InChI=1S/C14H26N2S/c1-2-10-15-13(17)16-11-8-14(9-12-16)6-4-3-5-7-14/h2-12H2,1H3,(H,15,17). The van der Waals surface area contributed by atoms with Gasteiger partial charge in [0.1, 0.15) is 0 Å². The predicted octanol–water partition coefficient (Wildman–Crippen LogP) is 3.32. The third kappa shape index (κ3) is 3.34. The van der Waals surface area contributed by atoms with Crippen LogP contribution in [0.1, 0.15) is 58.3 Å². The maximum Gasteiger partial charge on any atom is 0.168 e. The van der Waals surface area contributed by atoms with Crippen LogP contribution in [0.2, 0.25) is 0 Å². The van der Waals surface area contributed by atoms with Gasteiger partial charge in [-0.2, -0.15) is 0 Å². The van der Waals surface area contributed by atoms with Crippen LogP contribution in [0.4, 0.5) is 0 Å². The fourth-order valence-corrected chi connectivity index (χ4v) is 3.61. The van der Waals surface area contributed by atoms with Crippen molar-refractivity contribution in [1.29, 1.82) is 0 Å². The lowest BCUT2D eigenvalue weighted by Crippen LogP contribution is -2.47. The van der Waals surface area contributed by atoms with E-state index in [-0.39, 0.29) is 0 Å². The molecule has 0 aromatic carbocycles. The molecule has 0 amide bonds. The molecule has 1 N–H and O–H groups in total. The van der Waals surface area contributed by atoms with Crippen LogP contribution in [-0.4, -0.2) is 29.6 Å². The minimum absolute atomic E-state index is 0.690. The number of thiocarbonyl (C=S) groups is 1. The van der Waals surface area contributed by atoms with Crippen molar-refractivity contribution in [2.75, 3.05) is 19.6 Å². The summed E-state index contributed by atoms with van der Waals surface area (Å²) in [5.41, 5.74) is 0.690. The molecule has 0 aromatic rings. The molecule has 1 aliphatic heterocycles. The van der Waals surface area contributed by atoms with E-state index in [0.717, 1.165) is 18.1 Å². The van der Waals surface area contributed by atoms with Crippen molar-refractivity contribution >= 4 is 17.3 Å². The van der Waals surface area contributed by atoms with Crippen LogP contribution in [0, 0.1) is 5.41 Å². The number of piperidine rings is 1. The molecular weight excluding hydrogens is 228 g/mol. The highest BCUT2D eigenvalue weighted by molar-refractivity contribution is 7.80. The largest absolute Gasteiger partial charge is 0.363 e. The fourth-order valence-electron chi connectivity index (χ4n) is 3.33. The Hall–Kier alpha value is -0.310. The van der Waals surface area contributed by atoms with E-state index in [0.29, 0.717) is 5.41 Å². The lowest BCUT2D eigenvalue weighted by Gasteiger charge is -2.45. The van der Waals surface area contributed by atoms with E-state index in [1.54, 1.807) is 0 Å². The zero-order chi connectivity index (χ0) is 12.1. The van der Waals surface area contributed by atoms with Crippen molar-refractivity contribution in [2.45, 2.75) is 58.3 Å². The third-order valence-electron chi connectivity index (χ3n) is 4.55. The summed E-state index contributed by atoms with van der Waals surface area (Å²) in [5.74, 6) is 0. The summed E-state index contributed by atoms with van der Waals surface area (Å²) in [7, 11) is 0. The zero-order valence-corrected chi connectivity index (χ0v) is 12.0. The van der Waals surface area contributed by atoms with Crippen LogP contribution in [0.5, 0.6) is 0 Å². The quantitative estimate of drug-likeness (QED) is 0.761. The van der Waals surface area contributed by atoms with Crippen LogP contribution in [0.25, 0.3) is 0 Å². The molecule has 1 aliphatic carbocycles. The Morgan fingerprint density at radius 2 is 1.76 bits per heavy atom.